The average molecular weight is 363 g/mol. The zero-order valence-electron chi connectivity index (χ0n) is 15.8. The van der Waals surface area contributed by atoms with E-state index in [1.807, 2.05) is 13.0 Å². The van der Waals surface area contributed by atoms with E-state index in [-0.39, 0.29) is 12.4 Å². The molecular formula is C19H26FN3O3. The first-order valence-corrected chi connectivity index (χ1v) is 8.56. The summed E-state index contributed by atoms with van der Waals surface area (Å²) < 4.78 is 19.1. The second-order valence-corrected chi connectivity index (χ2v) is 7.19. The normalized spacial score (nSPS) is 12.7. The number of fused-ring (bicyclic) bond motifs is 1. The van der Waals surface area contributed by atoms with Gasteiger partial charge in [-0.3, -0.25) is 0 Å². The largest absolute Gasteiger partial charge is 0.444 e. The standard InChI is InChI=1S/C19H26FN3O3/c1-11-15(20)7-6-13-10-14(17(21-8-9-24)23-16(11)13)12(2)22-18(25)26-19(3,4)5/h6-7,10,12,24H,8-9H2,1-5H3,(H,21,23)(H,22,25). The molecule has 1 unspecified atom stereocenters. The molecule has 1 amide bonds. The maximum absolute atomic E-state index is 13.8. The van der Waals surface area contributed by atoms with E-state index in [4.69, 9.17) is 9.84 Å². The van der Waals surface area contributed by atoms with Gasteiger partial charge >= 0.3 is 6.09 Å². The molecule has 0 spiro atoms. The number of nitrogens with one attached hydrogen (secondary N) is 2. The van der Waals surface area contributed by atoms with Crippen molar-refractivity contribution in [2.24, 2.45) is 0 Å². The van der Waals surface area contributed by atoms with Gasteiger partial charge in [0, 0.05) is 23.1 Å². The Morgan fingerprint density at radius 3 is 2.69 bits per heavy atom. The molecule has 2 rings (SSSR count). The number of alkyl carbamates (subject to hydrolysis) is 1. The molecule has 1 aromatic heterocycles. The average Bonchev–Trinajstić information content (AvgIpc) is 2.54. The first-order valence-electron chi connectivity index (χ1n) is 8.56. The molecule has 2 aromatic rings. The van der Waals surface area contributed by atoms with Gasteiger partial charge in [0.15, 0.2) is 0 Å². The minimum Gasteiger partial charge on any atom is -0.444 e. The van der Waals surface area contributed by atoms with Crippen LogP contribution in [0.25, 0.3) is 10.9 Å². The van der Waals surface area contributed by atoms with E-state index >= 15 is 0 Å². The van der Waals surface area contributed by atoms with E-state index in [1.54, 1.807) is 33.8 Å². The lowest BCUT2D eigenvalue weighted by Crippen LogP contribution is -2.34. The van der Waals surface area contributed by atoms with E-state index in [1.165, 1.54) is 6.07 Å². The number of anilines is 1. The number of benzene rings is 1. The smallest absolute Gasteiger partial charge is 0.408 e. The Bertz CT molecular complexity index is 803. The Kier molecular flexibility index (Phi) is 6.02. The molecule has 142 valence electrons. The second kappa shape index (κ2) is 7.86. The first kappa shape index (κ1) is 19.9. The number of aliphatic hydroxyl groups excluding tert-OH is 1. The molecule has 7 heteroatoms. The molecule has 1 aromatic carbocycles. The number of aliphatic hydroxyl groups is 1. The Balaban J connectivity index is 2.40. The van der Waals surface area contributed by atoms with Gasteiger partial charge in [0.05, 0.1) is 18.2 Å². The highest BCUT2D eigenvalue weighted by Crippen LogP contribution is 2.28. The lowest BCUT2D eigenvalue weighted by Gasteiger charge is -2.23. The fraction of sp³-hybridized carbons (Fsp3) is 0.474. The predicted molar refractivity (Wildman–Crippen MR) is 99.8 cm³/mol. The number of ether oxygens (including phenoxy) is 1. The molecule has 0 aliphatic carbocycles. The Morgan fingerprint density at radius 1 is 1.38 bits per heavy atom. The van der Waals surface area contributed by atoms with Gasteiger partial charge in [0.2, 0.25) is 0 Å². The van der Waals surface area contributed by atoms with Gasteiger partial charge in [-0.25, -0.2) is 14.2 Å². The third-order valence-electron chi connectivity index (χ3n) is 3.81. The summed E-state index contributed by atoms with van der Waals surface area (Å²) in [7, 11) is 0. The molecule has 26 heavy (non-hydrogen) atoms. The van der Waals surface area contributed by atoms with E-state index in [0.717, 1.165) is 10.9 Å². The molecule has 1 heterocycles. The Morgan fingerprint density at radius 2 is 2.08 bits per heavy atom. The van der Waals surface area contributed by atoms with Gasteiger partial charge in [0.1, 0.15) is 17.2 Å². The van der Waals surface area contributed by atoms with Crippen LogP contribution < -0.4 is 10.6 Å². The van der Waals surface area contributed by atoms with Gasteiger partial charge in [-0.15, -0.1) is 0 Å². The van der Waals surface area contributed by atoms with Crippen LogP contribution in [0.5, 0.6) is 0 Å². The first-order chi connectivity index (χ1) is 12.1. The third kappa shape index (κ3) is 4.82. The zero-order chi connectivity index (χ0) is 19.5. The molecule has 6 nitrogen and oxygen atoms in total. The Labute approximate surface area is 152 Å². The maximum atomic E-state index is 13.8. The molecule has 0 saturated heterocycles. The van der Waals surface area contributed by atoms with Crippen molar-refractivity contribution >= 4 is 22.8 Å². The number of carbonyl (C=O) groups is 1. The molecular weight excluding hydrogens is 337 g/mol. The highest BCUT2D eigenvalue weighted by molar-refractivity contribution is 5.85. The second-order valence-electron chi connectivity index (χ2n) is 7.19. The summed E-state index contributed by atoms with van der Waals surface area (Å²) in [6, 6.07) is 4.52. The minimum atomic E-state index is -0.599. The van der Waals surface area contributed by atoms with Crippen LogP contribution in [0, 0.1) is 12.7 Å². The molecule has 3 N–H and O–H groups in total. The molecule has 0 bridgehead atoms. The maximum Gasteiger partial charge on any atom is 0.408 e. The van der Waals surface area contributed by atoms with Crippen molar-refractivity contribution in [2.45, 2.75) is 46.3 Å². The SMILES string of the molecule is Cc1c(F)ccc2cc(C(C)NC(=O)OC(C)(C)C)c(NCCO)nc12. The van der Waals surface area contributed by atoms with Crippen molar-refractivity contribution in [1.82, 2.24) is 10.3 Å². The lowest BCUT2D eigenvalue weighted by atomic mass is 10.0. The number of aryl methyl sites for hydroxylation is 1. The van der Waals surface area contributed by atoms with Crippen molar-refractivity contribution in [3.63, 3.8) is 0 Å². The summed E-state index contributed by atoms with van der Waals surface area (Å²) in [5.74, 6) is 0.162. The fourth-order valence-corrected chi connectivity index (χ4v) is 2.58. The fourth-order valence-electron chi connectivity index (χ4n) is 2.58. The number of carbonyl (C=O) groups excluding carboxylic acids is 1. The number of hydrogen-bond donors (Lipinski definition) is 3. The summed E-state index contributed by atoms with van der Waals surface area (Å²) in [5, 5.41) is 15.7. The number of rotatable bonds is 5. The third-order valence-corrected chi connectivity index (χ3v) is 3.81. The highest BCUT2D eigenvalue weighted by atomic mass is 19.1. The van der Waals surface area contributed by atoms with Gasteiger partial charge in [-0.1, -0.05) is 0 Å². The summed E-state index contributed by atoms with van der Waals surface area (Å²) in [5.41, 5.74) is 1.12. The zero-order valence-corrected chi connectivity index (χ0v) is 15.8. The van der Waals surface area contributed by atoms with E-state index in [9.17, 15) is 9.18 Å². The summed E-state index contributed by atoms with van der Waals surface area (Å²) in [6.45, 7) is 9.07. The predicted octanol–water partition coefficient (Wildman–Crippen LogP) is 3.67. The van der Waals surface area contributed by atoms with E-state index < -0.39 is 17.7 Å². The quantitative estimate of drug-likeness (QED) is 0.755. The van der Waals surface area contributed by atoms with Crippen LogP contribution in [0.2, 0.25) is 0 Å². The lowest BCUT2D eigenvalue weighted by molar-refractivity contribution is 0.0508. The van der Waals surface area contributed by atoms with Gasteiger partial charge in [-0.05, 0) is 52.8 Å². The number of halogens is 1. The monoisotopic (exact) mass is 363 g/mol. The van der Waals surface area contributed by atoms with Crippen molar-refractivity contribution in [1.29, 1.82) is 0 Å². The molecule has 0 saturated carbocycles. The number of amides is 1. The van der Waals surface area contributed by atoms with Crippen LogP contribution in [0.4, 0.5) is 15.0 Å². The van der Waals surface area contributed by atoms with Crippen molar-refractivity contribution in [3.8, 4) is 0 Å². The number of aromatic nitrogens is 1. The molecule has 0 radical (unpaired) electrons. The molecule has 0 aliphatic rings. The topological polar surface area (TPSA) is 83.5 Å². The molecule has 0 fully saturated rings. The summed E-state index contributed by atoms with van der Waals surface area (Å²) >= 11 is 0. The number of pyridine rings is 1. The van der Waals surface area contributed by atoms with Gasteiger partial charge < -0.3 is 20.5 Å². The molecule has 1 atom stereocenters. The minimum absolute atomic E-state index is 0.0742. The Hall–Kier alpha value is -2.41. The van der Waals surface area contributed by atoms with Crippen LogP contribution in [-0.4, -0.2) is 34.9 Å². The summed E-state index contributed by atoms with van der Waals surface area (Å²) in [6.07, 6.45) is -0.534. The van der Waals surface area contributed by atoms with Crippen LogP contribution in [0.15, 0.2) is 18.2 Å². The van der Waals surface area contributed by atoms with Crippen LogP contribution in [0.3, 0.4) is 0 Å². The van der Waals surface area contributed by atoms with Gasteiger partial charge in [0.25, 0.3) is 0 Å². The van der Waals surface area contributed by atoms with Crippen molar-refractivity contribution in [3.05, 3.63) is 35.1 Å². The van der Waals surface area contributed by atoms with Gasteiger partial charge in [-0.2, -0.15) is 0 Å². The van der Waals surface area contributed by atoms with E-state index in [2.05, 4.69) is 15.6 Å². The highest BCUT2D eigenvalue weighted by Gasteiger charge is 2.21. The summed E-state index contributed by atoms with van der Waals surface area (Å²) in [4.78, 5) is 16.6. The number of hydrogen-bond acceptors (Lipinski definition) is 5. The van der Waals surface area contributed by atoms with Crippen molar-refractivity contribution in [2.75, 3.05) is 18.5 Å². The van der Waals surface area contributed by atoms with E-state index in [0.29, 0.717) is 23.4 Å². The van der Waals surface area contributed by atoms with Crippen LogP contribution in [0.1, 0.15) is 44.9 Å². The van der Waals surface area contributed by atoms with Crippen LogP contribution in [-0.2, 0) is 4.74 Å². The van der Waals surface area contributed by atoms with Crippen molar-refractivity contribution < 1.29 is 19.0 Å². The molecule has 0 aliphatic heterocycles. The number of nitrogens with zero attached hydrogens (tertiary/aromatic N) is 1. The van der Waals surface area contributed by atoms with Crippen LogP contribution >= 0.6 is 0 Å².